The Morgan fingerprint density at radius 1 is 1.06 bits per heavy atom. The molecule has 0 aliphatic heterocycles. The van der Waals surface area contributed by atoms with Crippen LogP contribution in [0.1, 0.15) is 21.6 Å². The number of H-pyrrole nitrogens is 1. The van der Waals surface area contributed by atoms with Gasteiger partial charge in [0.25, 0.3) is 5.91 Å². The molecular formula is C30H29F4N9O5S. The number of carbonyl (C=O) groups is 1. The maximum Gasteiger partial charge on any atom is 0.393 e. The molecule has 0 radical (unpaired) electrons. The maximum absolute atomic E-state index is 14.5. The van der Waals surface area contributed by atoms with Crippen LogP contribution in [-0.4, -0.2) is 83.2 Å². The molecule has 258 valence electrons. The van der Waals surface area contributed by atoms with E-state index in [0.29, 0.717) is 29.2 Å². The van der Waals surface area contributed by atoms with Crippen molar-refractivity contribution in [2.75, 3.05) is 46.7 Å². The van der Waals surface area contributed by atoms with Crippen LogP contribution in [0.5, 0.6) is 11.5 Å². The smallest absolute Gasteiger partial charge is 0.393 e. The normalized spacial score (nSPS) is 12.1. The number of nitrogens with one attached hydrogen (secondary N) is 4. The molecule has 3 aromatic heterocycles. The van der Waals surface area contributed by atoms with E-state index in [1.54, 1.807) is 19.2 Å². The monoisotopic (exact) mass is 703 g/mol. The first-order chi connectivity index (χ1) is 23.2. The molecule has 0 aliphatic carbocycles. The summed E-state index contributed by atoms with van der Waals surface area (Å²) in [5.41, 5.74) is -0.0564. The molecule has 49 heavy (non-hydrogen) atoms. The molecule has 3 heterocycles. The first-order valence-electron chi connectivity index (χ1n) is 14.3. The third-order valence-electron chi connectivity index (χ3n) is 7.12. The third kappa shape index (κ3) is 8.12. The van der Waals surface area contributed by atoms with Crippen LogP contribution in [0.4, 0.5) is 40.6 Å². The number of phenolic OH excluding ortho intramolecular Hbond substituents is 2. The van der Waals surface area contributed by atoms with E-state index in [2.05, 4.69) is 41.1 Å². The molecule has 0 saturated carbocycles. The summed E-state index contributed by atoms with van der Waals surface area (Å²) in [5, 5.41) is 44.2. The number of halogens is 4. The van der Waals surface area contributed by atoms with Gasteiger partial charge in [-0.3, -0.25) is 14.2 Å². The zero-order valence-corrected chi connectivity index (χ0v) is 26.6. The van der Waals surface area contributed by atoms with Gasteiger partial charge in [0.2, 0.25) is 0 Å². The number of alkyl halides is 3. The van der Waals surface area contributed by atoms with E-state index in [1.165, 1.54) is 35.0 Å². The lowest BCUT2D eigenvalue weighted by atomic mass is 10.0. The third-order valence-corrected chi connectivity index (χ3v) is 8.09. The van der Waals surface area contributed by atoms with Crippen LogP contribution >= 0.6 is 0 Å². The molecule has 0 saturated heterocycles. The first kappa shape index (κ1) is 34.8. The summed E-state index contributed by atoms with van der Waals surface area (Å²) in [6.45, 7) is 0.0382. The van der Waals surface area contributed by atoms with Gasteiger partial charge in [0.15, 0.2) is 23.0 Å². The Bertz CT molecular complexity index is 2030. The van der Waals surface area contributed by atoms with Crippen LogP contribution in [0.2, 0.25) is 0 Å². The molecule has 5 rings (SSSR count). The van der Waals surface area contributed by atoms with Crippen LogP contribution in [0.25, 0.3) is 22.4 Å². The van der Waals surface area contributed by atoms with Gasteiger partial charge in [0.1, 0.15) is 34.1 Å². The van der Waals surface area contributed by atoms with Crippen molar-refractivity contribution in [1.29, 1.82) is 0 Å². The van der Waals surface area contributed by atoms with Gasteiger partial charge in [-0.1, -0.05) is 0 Å². The van der Waals surface area contributed by atoms with Gasteiger partial charge in [-0.05, 0) is 53.6 Å². The number of benzene rings is 2. The van der Waals surface area contributed by atoms with Crippen molar-refractivity contribution >= 4 is 50.9 Å². The molecule has 0 fully saturated rings. The van der Waals surface area contributed by atoms with E-state index in [4.69, 9.17) is 5.11 Å². The van der Waals surface area contributed by atoms with E-state index in [-0.39, 0.29) is 59.2 Å². The van der Waals surface area contributed by atoms with Crippen molar-refractivity contribution in [2.24, 2.45) is 0 Å². The lowest BCUT2D eigenvalue weighted by molar-refractivity contribution is -0.127. The number of aliphatic hydroxyl groups is 1. The van der Waals surface area contributed by atoms with Gasteiger partial charge < -0.3 is 31.3 Å². The fourth-order valence-electron chi connectivity index (χ4n) is 4.80. The summed E-state index contributed by atoms with van der Waals surface area (Å²) in [7, 11) is 0.110. The number of aromatic hydroxyl groups is 2. The van der Waals surface area contributed by atoms with Gasteiger partial charge in [-0.15, -0.1) is 0 Å². The Morgan fingerprint density at radius 2 is 1.84 bits per heavy atom. The molecule has 7 N–H and O–H groups in total. The minimum atomic E-state index is -4.74. The Hall–Kier alpha value is -5.56. The number of carbonyl (C=O) groups excluding carboxylic acids is 1. The molecule has 1 atom stereocenters. The topological polar surface area (TPSA) is 202 Å². The summed E-state index contributed by atoms with van der Waals surface area (Å²) >= 11 is 0. The Morgan fingerprint density at radius 3 is 2.51 bits per heavy atom. The van der Waals surface area contributed by atoms with Crippen molar-refractivity contribution in [3.05, 3.63) is 71.3 Å². The second-order valence-electron chi connectivity index (χ2n) is 10.6. The highest BCUT2D eigenvalue weighted by Gasteiger charge is 2.31. The SMILES string of the molecule is CN(c1ccc(O)cc1CNc1nc(-c2cc(F)c(O)cc2CC(F)(F)F)nc2n[nH]c(C(=O)Nc3ccc(NCCO)nc3)c12)S(C)=O. The first-order valence-corrected chi connectivity index (χ1v) is 15.9. The molecule has 5 aromatic rings. The van der Waals surface area contributed by atoms with Gasteiger partial charge in [-0.2, -0.15) is 18.3 Å². The molecule has 19 heteroatoms. The summed E-state index contributed by atoms with van der Waals surface area (Å²) < 4.78 is 68.7. The highest BCUT2D eigenvalue weighted by atomic mass is 32.2. The minimum Gasteiger partial charge on any atom is -0.508 e. The molecule has 0 aliphatic rings. The number of pyridine rings is 1. The number of aliphatic hydroxyl groups excluding tert-OH is 1. The van der Waals surface area contributed by atoms with Crippen molar-refractivity contribution in [3.63, 3.8) is 0 Å². The second-order valence-corrected chi connectivity index (χ2v) is 12.0. The number of rotatable bonds is 12. The van der Waals surface area contributed by atoms with Crippen molar-refractivity contribution < 1.29 is 41.9 Å². The van der Waals surface area contributed by atoms with E-state index in [0.717, 1.165) is 0 Å². The lowest BCUT2D eigenvalue weighted by Crippen LogP contribution is -2.21. The quantitative estimate of drug-likeness (QED) is 0.0924. The van der Waals surface area contributed by atoms with Crippen molar-refractivity contribution in [1.82, 2.24) is 25.1 Å². The number of anilines is 4. The fourth-order valence-corrected chi connectivity index (χ4v) is 5.26. The molecule has 0 bridgehead atoms. The predicted octanol–water partition coefficient (Wildman–Crippen LogP) is 4.07. The van der Waals surface area contributed by atoms with E-state index in [9.17, 15) is 36.8 Å². The van der Waals surface area contributed by atoms with Crippen molar-refractivity contribution in [3.8, 4) is 22.9 Å². The van der Waals surface area contributed by atoms with E-state index < -0.39 is 52.4 Å². The summed E-state index contributed by atoms with van der Waals surface area (Å²) in [5.74, 6) is -3.10. The van der Waals surface area contributed by atoms with Gasteiger partial charge in [0.05, 0.1) is 36.0 Å². The highest BCUT2D eigenvalue weighted by molar-refractivity contribution is 7.85. The molecule has 14 nitrogen and oxygen atoms in total. The highest BCUT2D eigenvalue weighted by Crippen LogP contribution is 2.35. The number of aromatic nitrogens is 5. The summed E-state index contributed by atoms with van der Waals surface area (Å²) in [6.07, 6.45) is -3.46. The predicted molar refractivity (Wildman–Crippen MR) is 174 cm³/mol. The van der Waals surface area contributed by atoms with E-state index in [1.807, 2.05) is 0 Å². The maximum atomic E-state index is 14.5. The standard InChI is InChI=1S/C30H29F4N9O5S/c1-43(49(2)48)21-5-4-18(45)9-16(21)13-37-27-24-25(29(47)38-17-3-6-23(36-14-17)35-7-8-44)41-42-28(24)40-26(39-27)19-11-20(31)22(46)10-15(19)12-30(32,33)34/h3-6,9-11,14,44-46H,7-8,12-13H2,1-2H3,(H,35,36)(H,38,47)(H2,37,39,40,41,42). The average molecular weight is 704 g/mol. The number of hydrogen-bond acceptors (Lipinski definition) is 11. The molecule has 0 spiro atoms. The molecule has 1 unspecified atom stereocenters. The lowest BCUT2D eigenvalue weighted by Gasteiger charge is -2.20. The van der Waals surface area contributed by atoms with Crippen LogP contribution in [-0.2, 0) is 24.0 Å². The Kier molecular flexibility index (Phi) is 10.1. The number of phenols is 2. The number of aromatic amines is 1. The largest absolute Gasteiger partial charge is 0.508 e. The van der Waals surface area contributed by atoms with Crippen molar-refractivity contribution in [2.45, 2.75) is 19.1 Å². The number of amides is 1. The number of nitrogens with zero attached hydrogens (tertiary/aromatic N) is 5. The van der Waals surface area contributed by atoms with Crippen LogP contribution in [0, 0.1) is 5.82 Å². The van der Waals surface area contributed by atoms with Crippen LogP contribution in [0.3, 0.4) is 0 Å². The van der Waals surface area contributed by atoms with Crippen LogP contribution < -0.4 is 20.3 Å². The zero-order chi connectivity index (χ0) is 35.5. The summed E-state index contributed by atoms with van der Waals surface area (Å²) in [6, 6.07) is 8.77. The zero-order valence-electron chi connectivity index (χ0n) is 25.8. The average Bonchev–Trinajstić information content (AvgIpc) is 3.48. The van der Waals surface area contributed by atoms with Gasteiger partial charge in [0, 0.05) is 32.0 Å². The molecule has 2 aromatic carbocycles. The van der Waals surface area contributed by atoms with Gasteiger partial charge >= 0.3 is 6.18 Å². The molecular weight excluding hydrogens is 674 g/mol. The number of hydrogen-bond donors (Lipinski definition) is 7. The minimum absolute atomic E-state index is 0.0150. The van der Waals surface area contributed by atoms with Gasteiger partial charge in [-0.25, -0.2) is 23.6 Å². The Labute approximate surface area is 277 Å². The fraction of sp³-hybridized carbons (Fsp3) is 0.233. The summed E-state index contributed by atoms with van der Waals surface area (Å²) in [4.78, 5) is 26.2. The molecule has 1 amide bonds. The second kappa shape index (κ2) is 14.3. The van der Waals surface area contributed by atoms with E-state index >= 15 is 0 Å². The number of fused-ring (bicyclic) bond motifs is 1. The van der Waals surface area contributed by atoms with Crippen LogP contribution in [0.15, 0.2) is 48.7 Å². The Balaban J connectivity index is 1.60.